The quantitative estimate of drug-likeness (QED) is 0.609. The highest BCUT2D eigenvalue weighted by molar-refractivity contribution is 5.97. The number of aromatic nitrogens is 2. The maximum atomic E-state index is 11.5. The van der Waals surface area contributed by atoms with E-state index < -0.39 is 5.54 Å². The topological polar surface area (TPSA) is 83.8 Å². The van der Waals surface area contributed by atoms with E-state index in [9.17, 15) is 4.79 Å². The third kappa shape index (κ3) is 1.42. The molecule has 5 nitrogen and oxygen atoms in total. The fourth-order valence-corrected chi connectivity index (χ4v) is 1.36. The van der Waals surface area contributed by atoms with Crippen molar-refractivity contribution in [3.63, 3.8) is 0 Å². The molecular weight excluding hydrogens is 168 g/mol. The summed E-state index contributed by atoms with van der Waals surface area (Å²) in [6.45, 7) is 0. The maximum absolute atomic E-state index is 11.5. The van der Waals surface area contributed by atoms with Gasteiger partial charge in [-0.25, -0.2) is 0 Å². The first-order chi connectivity index (χ1) is 6.21. The van der Waals surface area contributed by atoms with Gasteiger partial charge in [-0.3, -0.25) is 9.89 Å². The van der Waals surface area contributed by atoms with Gasteiger partial charge in [0.25, 0.3) is 0 Å². The molecule has 70 valence electrons. The summed E-state index contributed by atoms with van der Waals surface area (Å²) in [5.74, 6) is 0.477. The molecule has 1 fully saturated rings. The Labute approximate surface area is 75.7 Å². The van der Waals surface area contributed by atoms with Gasteiger partial charge in [-0.1, -0.05) is 0 Å². The van der Waals surface area contributed by atoms with Crippen molar-refractivity contribution in [1.29, 1.82) is 0 Å². The van der Waals surface area contributed by atoms with Crippen LogP contribution in [0, 0.1) is 0 Å². The number of H-pyrrole nitrogens is 1. The third-order valence-corrected chi connectivity index (χ3v) is 2.45. The predicted molar refractivity (Wildman–Crippen MR) is 48.0 cm³/mol. The Morgan fingerprint density at radius 3 is 2.92 bits per heavy atom. The van der Waals surface area contributed by atoms with E-state index in [0.29, 0.717) is 5.82 Å². The highest BCUT2D eigenvalue weighted by Gasteiger charge is 2.40. The zero-order chi connectivity index (χ0) is 9.31. The zero-order valence-corrected chi connectivity index (χ0v) is 7.21. The third-order valence-electron chi connectivity index (χ3n) is 2.45. The van der Waals surface area contributed by atoms with E-state index >= 15 is 0 Å². The van der Waals surface area contributed by atoms with E-state index in [2.05, 4.69) is 15.5 Å². The molecule has 1 aliphatic carbocycles. The predicted octanol–water partition coefficient (Wildman–Crippen LogP) is 0.230. The lowest BCUT2D eigenvalue weighted by molar-refractivity contribution is -0.123. The summed E-state index contributed by atoms with van der Waals surface area (Å²) < 4.78 is 0. The highest BCUT2D eigenvalue weighted by atomic mass is 16.2. The van der Waals surface area contributed by atoms with Gasteiger partial charge in [0.15, 0.2) is 0 Å². The van der Waals surface area contributed by atoms with Crippen molar-refractivity contribution in [2.45, 2.75) is 24.8 Å². The van der Waals surface area contributed by atoms with E-state index in [0.717, 1.165) is 19.3 Å². The van der Waals surface area contributed by atoms with E-state index in [1.807, 2.05) is 0 Å². The van der Waals surface area contributed by atoms with E-state index in [-0.39, 0.29) is 5.91 Å². The van der Waals surface area contributed by atoms with Gasteiger partial charge in [0.1, 0.15) is 5.82 Å². The summed E-state index contributed by atoms with van der Waals surface area (Å²) in [5.41, 5.74) is 5.17. The van der Waals surface area contributed by atoms with Crippen molar-refractivity contribution in [1.82, 2.24) is 10.2 Å². The van der Waals surface area contributed by atoms with Gasteiger partial charge >= 0.3 is 0 Å². The van der Waals surface area contributed by atoms with Crippen molar-refractivity contribution in [2.75, 3.05) is 5.32 Å². The average Bonchev–Trinajstić information content (AvgIpc) is 2.52. The molecule has 0 spiro atoms. The first-order valence-corrected chi connectivity index (χ1v) is 4.30. The average molecular weight is 180 g/mol. The molecule has 1 aliphatic rings. The molecule has 2 rings (SSSR count). The molecule has 0 unspecified atom stereocenters. The van der Waals surface area contributed by atoms with Crippen molar-refractivity contribution >= 4 is 11.7 Å². The van der Waals surface area contributed by atoms with Gasteiger partial charge in [-0.2, -0.15) is 5.10 Å². The summed E-state index contributed by atoms with van der Waals surface area (Å²) in [5, 5.41) is 9.05. The van der Waals surface area contributed by atoms with Gasteiger partial charge in [-0.05, 0) is 19.3 Å². The number of amides is 1. The van der Waals surface area contributed by atoms with Gasteiger partial charge in [0.05, 0.1) is 11.7 Å². The molecule has 1 amide bonds. The molecule has 1 aromatic heterocycles. The van der Waals surface area contributed by atoms with Crippen LogP contribution in [0.1, 0.15) is 19.3 Å². The van der Waals surface area contributed by atoms with Gasteiger partial charge < -0.3 is 11.1 Å². The number of nitrogens with zero attached hydrogens (tertiary/aromatic N) is 1. The number of carbonyl (C=O) groups excluding carboxylic acids is 1. The zero-order valence-electron chi connectivity index (χ0n) is 7.21. The summed E-state index contributed by atoms with van der Waals surface area (Å²) >= 11 is 0. The minimum Gasteiger partial charge on any atom is -0.317 e. The van der Waals surface area contributed by atoms with Crippen LogP contribution >= 0.6 is 0 Å². The second kappa shape index (κ2) is 2.85. The second-order valence-corrected chi connectivity index (χ2v) is 3.43. The first-order valence-electron chi connectivity index (χ1n) is 4.30. The fraction of sp³-hybridized carbons (Fsp3) is 0.500. The lowest BCUT2D eigenvalue weighted by Gasteiger charge is -2.35. The van der Waals surface area contributed by atoms with Crippen LogP contribution in [-0.2, 0) is 4.79 Å². The van der Waals surface area contributed by atoms with Crippen LogP contribution in [0.2, 0.25) is 0 Å². The highest BCUT2D eigenvalue weighted by Crippen LogP contribution is 2.29. The van der Waals surface area contributed by atoms with Crippen LogP contribution in [0.5, 0.6) is 0 Å². The molecule has 0 aliphatic heterocycles. The van der Waals surface area contributed by atoms with Crippen LogP contribution < -0.4 is 11.1 Å². The Morgan fingerprint density at radius 1 is 1.69 bits per heavy atom. The lowest BCUT2D eigenvalue weighted by atomic mass is 9.77. The molecule has 5 heteroatoms. The number of hydrogen-bond acceptors (Lipinski definition) is 3. The Morgan fingerprint density at radius 2 is 2.46 bits per heavy atom. The largest absolute Gasteiger partial charge is 0.317 e. The molecule has 0 atom stereocenters. The standard InChI is InChI=1S/C8H12N4O/c9-8(3-1-4-8)7(13)11-6-2-5-10-12-6/h2,5H,1,3-4,9H2,(H2,10,11,12,13). The monoisotopic (exact) mass is 180 g/mol. The molecular formula is C8H12N4O. The number of anilines is 1. The van der Waals surface area contributed by atoms with Crippen LogP contribution in [0.4, 0.5) is 5.82 Å². The summed E-state index contributed by atoms with van der Waals surface area (Å²) in [7, 11) is 0. The minimum atomic E-state index is -0.648. The first kappa shape index (κ1) is 8.25. The Balaban J connectivity index is 1.99. The number of hydrogen-bond donors (Lipinski definition) is 3. The number of carbonyl (C=O) groups is 1. The van der Waals surface area contributed by atoms with Gasteiger partial charge in [-0.15, -0.1) is 0 Å². The van der Waals surface area contributed by atoms with Crippen molar-refractivity contribution in [3.05, 3.63) is 12.3 Å². The molecule has 0 saturated heterocycles. The molecule has 0 aromatic carbocycles. The number of nitrogens with one attached hydrogen (secondary N) is 2. The molecule has 4 N–H and O–H groups in total. The smallest absolute Gasteiger partial charge is 0.245 e. The van der Waals surface area contributed by atoms with Crippen LogP contribution in [-0.4, -0.2) is 21.6 Å². The lowest BCUT2D eigenvalue weighted by Crippen LogP contribution is -2.56. The SMILES string of the molecule is NC1(C(=O)Nc2ccn[nH]2)CCC1. The molecule has 0 radical (unpaired) electrons. The van der Waals surface area contributed by atoms with Gasteiger partial charge in [0.2, 0.25) is 5.91 Å². The van der Waals surface area contributed by atoms with Crippen LogP contribution in [0.3, 0.4) is 0 Å². The van der Waals surface area contributed by atoms with Gasteiger partial charge in [0, 0.05) is 6.07 Å². The van der Waals surface area contributed by atoms with Crippen LogP contribution in [0.25, 0.3) is 0 Å². The Bertz CT molecular complexity index is 302. The molecule has 13 heavy (non-hydrogen) atoms. The molecule has 1 heterocycles. The number of aromatic amines is 1. The summed E-state index contributed by atoms with van der Waals surface area (Å²) in [6.07, 6.45) is 4.16. The minimum absolute atomic E-state index is 0.122. The second-order valence-electron chi connectivity index (χ2n) is 3.43. The van der Waals surface area contributed by atoms with Crippen molar-refractivity contribution in [2.24, 2.45) is 5.73 Å². The fourth-order valence-electron chi connectivity index (χ4n) is 1.36. The number of rotatable bonds is 2. The van der Waals surface area contributed by atoms with E-state index in [1.54, 1.807) is 12.3 Å². The number of nitrogens with two attached hydrogens (primary N) is 1. The van der Waals surface area contributed by atoms with Crippen LogP contribution in [0.15, 0.2) is 12.3 Å². The van der Waals surface area contributed by atoms with E-state index in [4.69, 9.17) is 5.73 Å². The maximum Gasteiger partial charge on any atom is 0.245 e. The Kier molecular flexibility index (Phi) is 1.81. The van der Waals surface area contributed by atoms with Crippen molar-refractivity contribution in [3.8, 4) is 0 Å². The molecule has 1 saturated carbocycles. The van der Waals surface area contributed by atoms with E-state index in [1.165, 1.54) is 0 Å². The molecule has 0 bridgehead atoms. The normalized spacial score (nSPS) is 19.2. The Hall–Kier alpha value is -1.36. The summed E-state index contributed by atoms with van der Waals surface area (Å²) in [6, 6.07) is 1.69. The van der Waals surface area contributed by atoms with Crippen molar-refractivity contribution < 1.29 is 4.79 Å². The summed E-state index contributed by atoms with van der Waals surface area (Å²) in [4.78, 5) is 11.5. The molecule has 1 aromatic rings.